The van der Waals surface area contributed by atoms with E-state index in [9.17, 15) is 19.2 Å². The number of carbonyl (C=O) groups is 4. The topological polar surface area (TPSA) is 116 Å². The van der Waals surface area contributed by atoms with E-state index in [1.807, 2.05) is 0 Å². The molecule has 1 saturated carbocycles. The predicted molar refractivity (Wildman–Crippen MR) is 110 cm³/mol. The van der Waals surface area contributed by atoms with Gasteiger partial charge in [-0.2, -0.15) is 0 Å². The SMILES string of the molecule is CC(=O)Nc1cc(NC(C)=O)cc(C(=O)Nc2cccc(C(=O)NC3CC3)c2)c1. The molecule has 2 aromatic rings. The summed E-state index contributed by atoms with van der Waals surface area (Å²) in [6.07, 6.45) is 1.98. The first kappa shape index (κ1) is 20.1. The highest BCUT2D eigenvalue weighted by Crippen LogP contribution is 2.22. The van der Waals surface area contributed by atoms with E-state index in [0.29, 0.717) is 22.6 Å². The highest BCUT2D eigenvalue weighted by Gasteiger charge is 2.23. The summed E-state index contributed by atoms with van der Waals surface area (Å²) in [5.41, 5.74) is 1.93. The summed E-state index contributed by atoms with van der Waals surface area (Å²) in [5.74, 6) is -1.22. The van der Waals surface area contributed by atoms with E-state index in [1.54, 1.807) is 30.3 Å². The molecule has 0 unspecified atom stereocenters. The van der Waals surface area contributed by atoms with Gasteiger partial charge in [0.05, 0.1) is 0 Å². The van der Waals surface area contributed by atoms with E-state index in [4.69, 9.17) is 0 Å². The maximum absolute atomic E-state index is 12.7. The van der Waals surface area contributed by atoms with Gasteiger partial charge in [0.25, 0.3) is 11.8 Å². The van der Waals surface area contributed by atoms with E-state index in [2.05, 4.69) is 21.3 Å². The van der Waals surface area contributed by atoms with Crippen molar-refractivity contribution in [2.24, 2.45) is 0 Å². The first-order chi connectivity index (χ1) is 13.8. The second kappa shape index (κ2) is 8.55. The number of nitrogens with one attached hydrogen (secondary N) is 4. The minimum atomic E-state index is -0.441. The van der Waals surface area contributed by atoms with Crippen LogP contribution >= 0.6 is 0 Å². The molecule has 0 aliphatic heterocycles. The number of anilines is 3. The summed E-state index contributed by atoms with van der Waals surface area (Å²) in [6.45, 7) is 2.70. The number of benzene rings is 2. The van der Waals surface area contributed by atoms with Crippen molar-refractivity contribution in [3.8, 4) is 0 Å². The normalized spacial score (nSPS) is 12.6. The third kappa shape index (κ3) is 5.90. The van der Waals surface area contributed by atoms with E-state index in [-0.39, 0.29) is 29.3 Å². The summed E-state index contributed by atoms with van der Waals surface area (Å²) < 4.78 is 0. The molecule has 0 radical (unpaired) electrons. The molecule has 150 valence electrons. The van der Waals surface area contributed by atoms with Gasteiger partial charge in [0.1, 0.15) is 0 Å². The number of hydrogen-bond donors (Lipinski definition) is 4. The molecule has 8 heteroatoms. The molecule has 0 heterocycles. The van der Waals surface area contributed by atoms with Gasteiger partial charge in [-0.15, -0.1) is 0 Å². The van der Waals surface area contributed by atoms with Crippen LogP contribution in [0.1, 0.15) is 47.4 Å². The van der Waals surface area contributed by atoms with Crippen molar-refractivity contribution in [1.82, 2.24) is 5.32 Å². The first-order valence-electron chi connectivity index (χ1n) is 9.23. The summed E-state index contributed by atoms with van der Waals surface area (Å²) in [6, 6.07) is 11.5. The molecule has 4 N–H and O–H groups in total. The van der Waals surface area contributed by atoms with Crippen molar-refractivity contribution >= 4 is 40.7 Å². The minimum absolute atomic E-state index is 0.177. The third-order valence-corrected chi connectivity index (χ3v) is 4.13. The number of amides is 4. The van der Waals surface area contributed by atoms with Crippen molar-refractivity contribution in [1.29, 1.82) is 0 Å². The molecule has 0 atom stereocenters. The molecule has 29 heavy (non-hydrogen) atoms. The van der Waals surface area contributed by atoms with Crippen molar-refractivity contribution in [2.45, 2.75) is 32.7 Å². The summed E-state index contributed by atoms with van der Waals surface area (Å²) in [4.78, 5) is 47.6. The highest BCUT2D eigenvalue weighted by molar-refractivity contribution is 6.07. The van der Waals surface area contributed by atoms with Crippen LogP contribution in [0, 0.1) is 0 Å². The van der Waals surface area contributed by atoms with Gasteiger partial charge in [-0.3, -0.25) is 19.2 Å². The molecule has 1 aliphatic carbocycles. The Morgan fingerprint density at radius 1 is 0.724 bits per heavy atom. The van der Waals surface area contributed by atoms with Crippen molar-refractivity contribution in [3.05, 3.63) is 53.6 Å². The van der Waals surface area contributed by atoms with Gasteiger partial charge in [0.15, 0.2) is 0 Å². The summed E-state index contributed by atoms with van der Waals surface area (Å²) >= 11 is 0. The van der Waals surface area contributed by atoms with E-state index in [1.165, 1.54) is 26.0 Å². The average Bonchev–Trinajstić information content (AvgIpc) is 3.44. The molecular formula is C21H22N4O4. The third-order valence-electron chi connectivity index (χ3n) is 4.13. The lowest BCUT2D eigenvalue weighted by Crippen LogP contribution is -2.25. The van der Waals surface area contributed by atoms with E-state index < -0.39 is 5.91 Å². The number of carbonyl (C=O) groups excluding carboxylic acids is 4. The maximum Gasteiger partial charge on any atom is 0.255 e. The fourth-order valence-corrected chi connectivity index (χ4v) is 2.75. The molecule has 8 nitrogen and oxygen atoms in total. The van der Waals surface area contributed by atoms with Crippen LogP contribution in [-0.2, 0) is 9.59 Å². The van der Waals surface area contributed by atoms with Crippen LogP contribution in [0.2, 0.25) is 0 Å². The Labute approximate surface area is 168 Å². The fraction of sp³-hybridized carbons (Fsp3) is 0.238. The Kier molecular flexibility index (Phi) is 5.92. The summed E-state index contributed by atoms with van der Waals surface area (Å²) in [5, 5.41) is 10.8. The molecule has 0 aromatic heterocycles. The first-order valence-corrected chi connectivity index (χ1v) is 9.23. The fourth-order valence-electron chi connectivity index (χ4n) is 2.75. The lowest BCUT2D eigenvalue weighted by molar-refractivity contribution is -0.115. The van der Waals surface area contributed by atoms with Crippen LogP contribution in [0.4, 0.5) is 17.1 Å². The molecule has 0 saturated heterocycles. The standard InChI is InChI=1S/C21H22N4O4/c1-12(26)22-18-9-15(10-19(11-18)23-13(2)27)21(29)25-17-5-3-4-14(8-17)20(28)24-16-6-7-16/h3-5,8-11,16H,6-7H2,1-2H3,(H,22,26)(H,23,27)(H,24,28)(H,25,29). The predicted octanol–water partition coefficient (Wildman–Crippen LogP) is 2.75. The Hall–Kier alpha value is -3.68. The lowest BCUT2D eigenvalue weighted by atomic mass is 10.1. The largest absolute Gasteiger partial charge is 0.349 e. The van der Waals surface area contributed by atoms with Crippen LogP contribution < -0.4 is 21.3 Å². The summed E-state index contributed by atoms with van der Waals surface area (Å²) in [7, 11) is 0. The quantitative estimate of drug-likeness (QED) is 0.603. The Morgan fingerprint density at radius 2 is 1.31 bits per heavy atom. The molecule has 2 aromatic carbocycles. The van der Waals surface area contributed by atoms with Crippen molar-refractivity contribution in [2.75, 3.05) is 16.0 Å². The van der Waals surface area contributed by atoms with Crippen molar-refractivity contribution < 1.29 is 19.2 Å². The Bertz CT molecular complexity index is 948. The lowest BCUT2D eigenvalue weighted by Gasteiger charge is -2.12. The number of hydrogen-bond acceptors (Lipinski definition) is 4. The molecule has 0 bridgehead atoms. The monoisotopic (exact) mass is 394 g/mol. The molecule has 1 aliphatic rings. The molecule has 4 amide bonds. The van der Waals surface area contributed by atoms with Gasteiger partial charge in [-0.05, 0) is 49.2 Å². The van der Waals surface area contributed by atoms with Crippen LogP contribution in [0.3, 0.4) is 0 Å². The van der Waals surface area contributed by atoms with Crippen LogP contribution in [-0.4, -0.2) is 29.7 Å². The maximum atomic E-state index is 12.7. The smallest absolute Gasteiger partial charge is 0.255 e. The zero-order valence-electron chi connectivity index (χ0n) is 16.2. The Balaban J connectivity index is 1.79. The highest BCUT2D eigenvalue weighted by atomic mass is 16.2. The Morgan fingerprint density at radius 3 is 1.86 bits per heavy atom. The molecular weight excluding hydrogens is 372 g/mol. The average molecular weight is 394 g/mol. The van der Waals surface area contributed by atoms with Gasteiger partial charge in [-0.25, -0.2) is 0 Å². The van der Waals surface area contributed by atoms with Crippen LogP contribution in [0.25, 0.3) is 0 Å². The van der Waals surface area contributed by atoms with E-state index in [0.717, 1.165) is 12.8 Å². The van der Waals surface area contributed by atoms with Gasteiger partial charge in [0.2, 0.25) is 11.8 Å². The second-order valence-corrected chi connectivity index (χ2v) is 6.94. The minimum Gasteiger partial charge on any atom is -0.349 e. The van der Waals surface area contributed by atoms with Crippen LogP contribution in [0.5, 0.6) is 0 Å². The molecule has 1 fully saturated rings. The molecule has 3 rings (SSSR count). The molecule has 0 spiro atoms. The van der Waals surface area contributed by atoms with Gasteiger partial charge in [0, 0.05) is 48.1 Å². The van der Waals surface area contributed by atoms with Crippen LogP contribution in [0.15, 0.2) is 42.5 Å². The second-order valence-electron chi connectivity index (χ2n) is 6.94. The number of rotatable bonds is 6. The van der Waals surface area contributed by atoms with Crippen molar-refractivity contribution in [3.63, 3.8) is 0 Å². The van der Waals surface area contributed by atoms with Gasteiger partial charge >= 0.3 is 0 Å². The van der Waals surface area contributed by atoms with Gasteiger partial charge in [-0.1, -0.05) is 6.07 Å². The van der Waals surface area contributed by atoms with Gasteiger partial charge < -0.3 is 21.3 Å². The van der Waals surface area contributed by atoms with E-state index >= 15 is 0 Å². The zero-order valence-corrected chi connectivity index (χ0v) is 16.2. The zero-order chi connectivity index (χ0) is 21.0.